The minimum Gasteiger partial charge on any atom is -0.467 e. The largest absolute Gasteiger partial charge is 0.467 e. The molecule has 4 rings (SSSR count). The number of carbonyl (C=O) groups excluding carboxylic acids is 1. The second-order valence-electron chi connectivity index (χ2n) is 7.26. The molecule has 2 aromatic rings. The van der Waals surface area contributed by atoms with Crippen molar-refractivity contribution in [3.05, 3.63) is 40.8 Å². The molecule has 1 aromatic carbocycles. The van der Waals surface area contributed by atoms with E-state index in [1.807, 2.05) is 5.48 Å². The summed E-state index contributed by atoms with van der Waals surface area (Å²) in [5.74, 6) is -1.16. The number of amidine groups is 1. The van der Waals surface area contributed by atoms with Gasteiger partial charge in [-0.1, -0.05) is 6.07 Å². The number of hydroxylamine groups is 1. The van der Waals surface area contributed by atoms with Gasteiger partial charge < -0.3 is 9.64 Å². The first-order chi connectivity index (χ1) is 14.2. The van der Waals surface area contributed by atoms with Gasteiger partial charge in [0.15, 0.2) is 5.84 Å². The predicted molar refractivity (Wildman–Crippen MR) is 101 cm³/mol. The van der Waals surface area contributed by atoms with Crippen molar-refractivity contribution in [3.8, 4) is 5.88 Å². The van der Waals surface area contributed by atoms with Gasteiger partial charge in [-0.25, -0.2) is 13.2 Å². The number of aromatic nitrogens is 2. The van der Waals surface area contributed by atoms with Crippen LogP contribution in [0.1, 0.15) is 22.9 Å². The molecule has 0 radical (unpaired) electrons. The number of nitrogens with zero attached hydrogens (tertiary/aromatic N) is 4. The number of fused-ring (bicyclic) bond motifs is 1. The third-order valence-electron chi connectivity index (χ3n) is 4.83. The summed E-state index contributed by atoms with van der Waals surface area (Å²) >= 11 is 0. The molecule has 30 heavy (non-hydrogen) atoms. The zero-order chi connectivity index (χ0) is 21.5. The van der Waals surface area contributed by atoms with Crippen molar-refractivity contribution in [1.29, 1.82) is 4.78 Å². The van der Waals surface area contributed by atoms with Crippen LogP contribution >= 0.6 is 0 Å². The van der Waals surface area contributed by atoms with Crippen LogP contribution in [0, 0.1) is 10.6 Å². The molecule has 2 atom stereocenters. The molecule has 1 amide bonds. The second-order valence-corrected chi connectivity index (χ2v) is 9.56. The monoisotopic (exact) mass is 438 g/mol. The van der Waals surface area contributed by atoms with E-state index in [9.17, 15) is 18.6 Å². The average molecular weight is 438 g/mol. The highest BCUT2D eigenvalue weighted by molar-refractivity contribution is 7.92. The van der Waals surface area contributed by atoms with Crippen molar-refractivity contribution >= 4 is 21.5 Å². The molecule has 0 saturated carbocycles. The van der Waals surface area contributed by atoms with E-state index in [-0.39, 0.29) is 54.0 Å². The van der Waals surface area contributed by atoms with Crippen LogP contribution in [-0.4, -0.2) is 67.6 Å². The fourth-order valence-electron chi connectivity index (χ4n) is 3.27. The zero-order valence-corrected chi connectivity index (χ0v) is 16.7. The molecule has 1 saturated heterocycles. The minimum atomic E-state index is -2.91. The Hall–Kier alpha value is -3.06. The van der Waals surface area contributed by atoms with E-state index in [1.54, 1.807) is 6.07 Å². The topological polar surface area (TPSA) is 154 Å². The molecule has 1 aromatic heterocycles. The maximum atomic E-state index is 13.5. The summed E-state index contributed by atoms with van der Waals surface area (Å²) in [5, 5.41) is 16.9. The zero-order valence-electron chi connectivity index (χ0n) is 15.9. The lowest BCUT2D eigenvalue weighted by atomic mass is 9.83. The van der Waals surface area contributed by atoms with Gasteiger partial charge in [0.25, 0.3) is 5.88 Å². The number of carbonyl (C=O) groups is 1. The first-order valence-electron chi connectivity index (χ1n) is 8.98. The summed E-state index contributed by atoms with van der Waals surface area (Å²) in [4.78, 5) is 17.7. The Morgan fingerprint density at radius 2 is 2.27 bits per heavy atom. The highest BCUT2D eigenvalue weighted by atomic mass is 32.2. The van der Waals surface area contributed by atoms with Gasteiger partial charge in [-0.3, -0.25) is 25.3 Å². The number of nitrogens with one attached hydrogen (secondary N) is 2. The lowest BCUT2D eigenvalue weighted by Gasteiger charge is -2.38. The number of likely N-dealkylation sites (tertiary alicyclic amines) is 1. The minimum absolute atomic E-state index is 0.0223. The van der Waals surface area contributed by atoms with E-state index in [4.69, 9.17) is 14.1 Å². The van der Waals surface area contributed by atoms with Gasteiger partial charge in [0.2, 0.25) is 11.6 Å². The third kappa shape index (κ3) is 4.11. The summed E-state index contributed by atoms with van der Waals surface area (Å²) in [6.07, 6.45) is 1.39. The molecule has 3 N–H and O–H groups in total. The highest BCUT2D eigenvalue weighted by Gasteiger charge is 2.35. The maximum absolute atomic E-state index is 13.5. The Morgan fingerprint density at radius 1 is 1.50 bits per heavy atom. The van der Waals surface area contributed by atoms with E-state index >= 15 is 0 Å². The molecule has 1 fully saturated rings. The molecular formula is C17H19FN6O5S. The highest BCUT2D eigenvalue weighted by Crippen LogP contribution is 2.37. The van der Waals surface area contributed by atoms with Crippen molar-refractivity contribution < 1.29 is 28.0 Å². The van der Waals surface area contributed by atoms with Crippen LogP contribution in [0.5, 0.6) is 5.88 Å². The third-order valence-corrected chi connectivity index (χ3v) is 5.63. The van der Waals surface area contributed by atoms with Crippen LogP contribution in [0.25, 0.3) is 0 Å². The van der Waals surface area contributed by atoms with Crippen LogP contribution in [-0.2, 0) is 20.9 Å². The van der Waals surface area contributed by atoms with Gasteiger partial charge in [-0.15, -0.1) is 0 Å². The number of benzene rings is 1. The number of hydrogen-bond acceptors (Lipinski definition) is 9. The van der Waals surface area contributed by atoms with Crippen molar-refractivity contribution in [2.24, 2.45) is 4.99 Å². The average Bonchev–Trinajstić information content (AvgIpc) is 3.07. The Morgan fingerprint density at radius 3 is 2.97 bits per heavy atom. The van der Waals surface area contributed by atoms with Gasteiger partial charge in [-0.05, 0) is 40.0 Å². The number of halogens is 1. The molecule has 11 nitrogen and oxygen atoms in total. The Labute approximate surface area is 170 Å². The van der Waals surface area contributed by atoms with Gasteiger partial charge in [0.1, 0.15) is 17.7 Å². The normalized spacial score (nSPS) is 20.6. The SMILES string of the molecule is CS(=N)(=O)CC(=O)N1CC(Oc2nonc2C(=N[C@H]2Cc3ccc(F)cc32)NO)C1. The van der Waals surface area contributed by atoms with Gasteiger partial charge in [0, 0.05) is 6.26 Å². The molecule has 13 heteroatoms. The van der Waals surface area contributed by atoms with E-state index in [1.165, 1.54) is 23.3 Å². The molecule has 1 unspecified atom stereocenters. The molecule has 0 bridgehead atoms. The van der Waals surface area contributed by atoms with Crippen LogP contribution in [0.2, 0.25) is 0 Å². The molecule has 1 aliphatic carbocycles. The smallest absolute Gasteiger partial charge is 0.287 e. The van der Waals surface area contributed by atoms with Crippen molar-refractivity contribution in [3.63, 3.8) is 0 Å². The lowest BCUT2D eigenvalue weighted by molar-refractivity contribution is -0.137. The van der Waals surface area contributed by atoms with Crippen LogP contribution < -0.4 is 10.2 Å². The first-order valence-corrected chi connectivity index (χ1v) is 11.1. The standard InChI is InChI=1S/C17H19FN6O5S/c1-30(19,27)8-14(25)24-6-11(7-24)28-17-15(22-29-23-17)16(21-26)20-13-4-9-2-3-10(18)5-12(9)13/h2-3,5,11,13,19,26H,4,6-8H2,1H3,(H,20,21)/t13-,30?/m0/s1. The summed E-state index contributed by atoms with van der Waals surface area (Å²) in [6.45, 7) is 0.462. The van der Waals surface area contributed by atoms with E-state index in [2.05, 4.69) is 15.3 Å². The molecule has 2 heterocycles. The fraction of sp³-hybridized carbons (Fsp3) is 0.412. The second kappa shape index (κ2) is 7.65. The summed E-state index contributed by atoms with van der Waals surface area (Å²) < 4.78 is 42.6. The van der Waals surface area contributed by atoms with Crippen molar-refractivity contribution in [2.45, 2.75) is 18.6 Å². The van der Waals surface area contributed by atoms with Crippen LogP contribution in [0.15, 0.2) is 27.8 Å². The number of rotatable bonds is 6. The van der Waals surface area contributed by atoms with Gasteiger partial charge in [-0.2, -0.15) is 0 Å². The molecule has 2 aliphatic rings. The molecular weight excluding hydrogens is 419 g/mol. The molecule has 160 valence electrons. The molecule has 0 spiro atoms. The Kier molecular flexibility index (Phi) is 5.15. The summed E-state index contributed by atoms with van der Waals surface area (Å²) in [6, 6.07) is 4.11. The van der Waals surface area contributed by atoms with Gasteiger partial charge >= 0.3 is 0 Å². The first kappa shape index (κ1) is 20.2. The van der Waals surface area contributed by atoms with Gasteiger partial charge in [0.05, 0.1) is 28.9 Å². The lowest BCUT2D eigenvalue weighted by Crippen LogP contribution is -2.57. The van der Waals surface area contributed by atoms with Crippen LogP contribution in [0.3, 0.4) is 0 Å². The quantitative estimate of drug-likeness (QED) is 0.335. The predicted octanol–water partition coefficient (Wildman–Crippen LogP) is 0.498. The fourth-order valence-corrected chi connectivity index (χ4v) is 3.92. The molecule has 1 aliphatic heterocycles. The van der Waals surface area contributed by atoms with Crippen LogP contribution in [0.4, 0.5) is 4.39 Å². The maximum Gasteiger partial charge on any atom is 0.287 e. The number of amides is 1. The van der Waals surface area contributed by atoms with E-state index in [0.29, 0.717) is 6.42 Å². The van der Waals surface area contributed by atoms with E-state index in [0.717, 1.165) is 11.1 Å². The number of ether oxygens (including phenoxy) is 1. The summed E-state index contributed by atoms with van der Waals surface area (Å²) in [7, 11) is -2.91. The van der Waals surface area contributed by atoms with Crippen molar-refractivity contribution in [1.82, 2.24) is 20.7 Å². The number of aliphatic imine (C=N–C) groups is 1. The Balaban J connectivity index is 1.41. The number of hydrogen-bond donors (Lipinski definition) is 3. The van der Waals surface area contributed by atoms with E-state index < -0.39 is 15.8 Å². The Bertz CT molecular complexity index is 1110. The summed E-state index contributed by atoms with van der Waals surface area (Å²) in [5.41, 5.74) is 3.68. The van der Waals surface area contributed by atoms with Crippen molar-refractivity contribution in [2.75, 3.05) is 25.1 Å².